The number of ether oxygens (including phenoxy) is 1. The number of nitrogen functional groups attached to an aromatic ring is 1. The molecule has 3 N–H and O–H groups in total. The van der Waals surface area contributed by atoms with Crippen LogP contribution in [0.4, 0.5) is 20.2 Å². The van der Waals surface area contributed by atoms with Gasteiger partial charge in [-0.25, -0.2) is 8.78 Å². The fraction of sp³-hybridized carbons (Fsp3) is 0.233. The van der Waals surface area contributed by atoms with E-state index in [1.165, 1.54) is 53.4 Å². The van der Waals surface area contributed by atoms with E-state index in [2.05, 4.69) is 9.69 Å². The Kier molecular flexibility index (Phi) is 8.06. The minimum Gasteiger partial charge on any atom is -0.497 e. The molecule has 4 aromatic rings. The molecule has 10 heteroatoms. The smallest absolute Gasteiger partial charge is 0.273 e. The van der Waals surface area contributed by atoms with Crippen molar-refractivity contribution in [2.24, 2.45) is 0 Å². The topological polar surface area (TPSA) is 97.5 Å². The number of aromatic nitrogens is 1. The van der Waals surface area contributed by atoms with Crippen molar-refractivity contribution in [1.82, 2.24) is 9.69 Å². The third kappa shape index (κ3) is 5.67. The highest BCUT2D eigenvalue weighted by Gasteiger charge is 2.36. The van der Waals surface area contributed by atoms with E-state index in [1.807, 2.05) is 0 Å². The van der Waals surface area contributed by atoms with Gasteiger partial charge in [0, 0.05) is 17.3 Å². The largest absolute Gasteiger partial charge is 0.497 e. The summed E-state index contributed by atoms with van der Waals surface area (Å²) in [7, 11) is 1.54. The van der Waals surface area contributed by atoms with Crippen LogP contribution in [0.2, 0.25) is 0 Å². The molecule has 5 rings (SSSR count). The molecule has 1 fully saturated rings. The summed E-state index contributed by atoms with van der Waals surface area (Å²) in [6, 6.07) is 16.8. The van der Waals surface area contributed by atoms with Crippen LogP contribution in [0.25, 0.3) is 11.3 Å². The van der Waals surface area contributed by atoms with Gasteiger partial charge in [0.25, 0.3) is 5.91 Å². The predicted molar refractivity (Wildman–Crippen MR) is 151 cm³/mol. The molecule has 0 unspecified atom stereocenters. The van der Waals surface area contributed by atoms with Gasteiger partial charge < -0.3 is 15.8 Å². The molecule has 1 aromatic heterocycles. The van der Waals surface area contributed by atoms with Gasteiger partial charge in [0.1, 0.15) is 34.0 Å². The highest BCUT2D eigenvalue weighted by molar-refractivity contribution is 7.09. The van der Waals surface area contributed by atoms with Crippen molar-refractivity contribution in [3.63, 3.8) is 0 Å². The van der Waals surface area contributed by atoms with E-state index in [-0.39, 0.29) is 22.5 Å². The number of rotatable bonds is 8. The summed E-state index contributed by atoms with van der Waals surface area (Å²) in [5.41, 5.74) is 8.27. The number of hydrogen-bond donors (Lipinski definition) is 2. The molecule has 1 aliphatic rings. The van der Waals surface area contributed by atoms with E-state index < -0.39 is 23.6 Å². The molecule has 2 amide bonds. The monoisotopic (exact) mass is 562 g/mol. The van der Waals surface area contributed by atoms with Crippen LogP contribution in [0, 0.1) is 11.6 Å². The zero-order valence-electron chi connectivity index (χ0n) is 21.8. The van der Waals surface area contributed by atoms with Crippen LogP contribution in [0.1, 0.15) is 47.0 Å². The summed E-state index contributed by atoms with van der Waals surface area (Å²) in [5.74, 6) is -1.24. The van der Waals surface area contributed by atoms with Crippen LogP contribution in [-0.4, -0.2) is 29.3 Å². The van der Waals surface area contributed by atoms with Crippen molar-refractivity contribution in [2.75, 3.05) is 17.7 Å². The Balaban J connectivity index is 1.61. The van der Waals surface area contributed by atoms with Gasteiger partial charge in [-0.3, -0.25) is 14.5 Å². The normalized spacial score (nSPS) is 14.1. The molecule has 1 saturated carbocycles. The number of halogens is 2. The molecule has 0 aliphatic heterocycles. The average molecular weight is 563 g/mol. The van der Waals surface area contributed by atoms with Crippen LogP contribution in [0.5, 0.6) is 5.75 Å². The van der Waals surface area contributed by atoms with Crippen molar-refractivity contribution < 1.29 is 23.1 Å². The van der Waals surface area contributed by atoms with Gasteiger partial charge in [-0.15, -0.1) is 0 Å². The number of nitrogens with one attached hydrogen (secondary N) is 1. The predicted octanol–water partition coefficient (Wildman–Crippen LogP) is 6.13. The van der Waals surface area contributed by atoms with Crippen molar-refractivity contribution in [3.8, 4) is 17.0 Å². The molecule has 3 aromatic carbocycles. The minimum absolute atomic E-state index is 0.00280. The van der Waals surface area contributed by atoms with Gasteiger partial charge >= 0.3 is 0 Å². The van der Waals surface area contributed by atoms with Crippen LogP contribution < -0.4 is 20.7 Å². The summed E-state index contributed by atoms with van der Waals surface area (Å²) in [4.78, 5) is 29.6. The summed E-state index contributed by atoms with van der Waals surface area (Å²) >= 11 is 0.887. The molecule has 206 valence electrons. The van der Waals surface area contributed by atoms with E-state index in [4.69, 9.17) is 10.5 Å². The van der Waals surface area contributed by atoms with Crippen LogP contribution in [0.3, 0.4) is 0 Å². The maximum atomic E-state index is 14.3. The average Bonchev–Trinajstić information content (AvgIpc) is 3.62. The van der Waals surface area contributed by atoms with Crippen molar-refractivity contribution in [2.45, 2.75) is 37.8 Å². The molecule has 7 nitrogen and oxygen atoms in total. The standard InChI is InChI=1S/C30H28F2N4O3S/c1-39-24-16-8-19(9-17-24)27(29(37)34-22-4-2-3-5-22)36(23-14-12-21(32)13-15-23)30(38)28-25(33)26(35-40-28)18-6-10-20(31)11-7-18/h6-17,22,27H,2-5,33H2,1H3,(H,34,37)/t27-/m1/s1. The number of methoxy groups -OCH3 is 1. The second-order valence-electron chi connectivity index (χ2n) is 9.60. The van der Waals surface area contributed by atoms with Gasteiger partial charge in [0.05, 0.1) is 12.8 Å². The fourth-order valence-electron chi connectivity index (χ4n) is 4.92. The summed E-state index contributed by atoms with van der Waals surface area (Å²) in [6.07, 6.45) is 3.74. The van der Waals surface area contributed by atoms with Crippen LogP contribution in [-0.2, 0) is 4.79 Å². The number of nitrogens with two attached hydrogens (primary N) is 1. The molecule has 1 aliphatic carbocycles. The maximum Gasteiger partial charge on any atom is 0.273 e. The molecule has 1 atom stereocenters. The highest BCUT2D eigenvalue weighted by Crippen LogP contribution is 2.37. The third-order valence-electron chi connectivity index (χ3n) is 7.00. The number of hydrogen-bond acceptors (Lipinski definition) is 6. The number of carbonyl (C=O) groups excluding carboxylic acids is 2. The first kappa shape index (κ1) is 27.3. The number of amides is 2. The summed E-state index contributed by atoms with van der Waals surface area (Å²) < 4.78 is 37.1. The Morgan fingerprint density at radius 3 is 2.17 bits per heavy atom. The van der Waals surface area contributed by atoms with Crippen molar-refractivity contribution in [3.05, 3.63) is 94.9 Å². The van der Waals surface area contributed by atoms with Gasteiger partial charge in [-0.05, 0) is 90.6 Å². The Morgan fingerprint density at radius 2 is 1.57 bits per heavy atom. The first-order valence-corrected chi connectivity index (χ1v) is 13.7. The van der Waals surface area contributed by atoms with Crippen LogP contribution >= 0.6 is 11.5 Å². The minimum atomic E-state index is -1.10. The Labute approximate surface area is 234 Å². The van der Waals surface area contributed by atoms with Crippen LogP contribution in [0.15, 0.2) is 72.8 Å². The molecule has 0 spiro atoms. The van der Waals surface area contributed by atoms with E-state index in [0.717, 1.165) is 37.2 Å². The lowest BCUT2D eigenvalue weighted by Crippen LogP contribution is -2.46. The number of nitrogens with zero attached hydrogens (tertiary/aromatic N) is 2. The van der Waals surface area contributed by atoms with Crippen molar-refractivity contribution in [1.29, 1.82) is 0 Å². The van der Waals surface area contributed by atoms with Gasteiger partial charge in [-0.1, -0.05) is 25.0 Å². The van der Waals surface area contributed by atoms with Gasteiger partial charge in [0.2, 0.25) is 5.91 Å². The second kappa shape index (κ2) is 11.8. The SMILES string of the molecule is COc1ccc([C@H](C(=O)NC2CCCC2)N(C(=O)c2snc(-c3ccc(F)cc3)c2N)c2ccc(F)cc2)cc1. The first-order chi connectivity index (χ1) is 19.4. The third-order valence-corrected chi connectivity index (χ3v) is 7.85. The molecule has 0 saturated heterocycles. The quantitative estimate of drug-likeness (QED) is 0.269. The Morgan fingerprint density at radius 1 is 0.975 bits per heavy atom. The zero-order chi connectivity index (χ0) is 28.2. The van der Waals surface area contributed by atoms with Crippen molar-refractivity contribution >= 4 is 34.7 Å². The summed E-state index contributed by atoms with van der Waals surface area (Å²) in [6.45, 7) is 0. The Hall–Kier alpha value is -4.31. The van der Waals surface area contributed by atoms with E-state index in [9.17, 15) is 18.4 Å². The zero-order valence-corrected chi connectivity index (χ0v) is 22.6. The summed E-state index contributed by atoms with van der Waals surface area (Å²) in [5, 5.41) is 3.11. The first-order valence-electron chi connectivity index (χ1n) is 12.9. The number of anilines is 2. The second-order valence-corrected chi connectivity index (χ2v) is 10.4. The molecule has 1 heterocycles. The highest BCUT2D eigenvalue weighted by atomic mass is 32.1. The van der Waals surface area contributed by atoms with E-state index in [1.54, 1.807) is 31.4 Å². The lowest BCUT2D eigenvalue weighted by molar-refractivity contribution is -0.123. The molecule has 0 bridgehead atoms. The lowest BCUT2D eigenvalue weighted by Gasteiger charge is -2.32. The van der Waals surface area contributed by atoms with E-state index in [0.29, 0.717) is 28.3 Å². The number of carbonyl (C=O) groups is 2. The molecule has 40 heavy (non-hydrogen) atoms. The molecule has 0 radical (unpaired) electrons. The molecular weight excluding hydrogens is 534 g/mol. The van der Waals surface area contributed by atoms with Gasteiger partial charge in [-0.2, -0.15) is 4.37 Å². The lowest BCUT2D eigenvalue weighted by atomic mass is 10.0. The maximum absolute atomic E-state index is 14.3. The molecular formula is C30H28F2N4O3S. The van der Waals surface area contributed by atoms with E-state index >= 15 is 0 Å². The van der Waals surface area contributed by atoms with Gasteiger partial charge in [0.15, 0.2) is 0 Å². The number of benzene rings is 3. The Bertz CT molecular complexity index is 1490. The fourth-order valence-corrected chi connectivity index (χ4v) is 5.67.